The minimum atomic E-state index is -0.408. The van der Waals surface area contributed by atoms with E-state index in [-0.39, 0.29) is 12.0 Å². The van der Waals surface area contributed by atoms with Crippen LogP contribution in [0.15, 0.2) is 29.6 Å². The van der Waals surface area contributed by atoms with E-state index in [1.165, 1.54) is 10.1 Å². The Kier molecular flexibility index (Phi) is 2.90. The van der Waals surface area contributed by atoms with Gasteiger partial charge in [0.2, 0.25) is 0 Å². The second kappa shape index (κ2) is 4.41. The maximum Gasteiger partial charge on any atom is 0.0857 e. The topological polar surface area (TPSA) is 29.5 Å². The summed E-state index contributed by atoms with van der Waals surface area (Å²) in [5.74, 6) is 0.225. The fourth-order valence-corrected chi connectivity index (χ4v) is 3.59. The minimum Gasteiger partial charge on any atom is -0.388 e. The Morgan fingerprint density at radius 1 is 1.41 bits per heavy atom. The van der Waals surface area contributed by atoms with Gasteiger partial charge in [0.1, 0.15) is 0 Å². The van der Waals surface area contributed by atoms with Gasteiger partial charge < -0.3 is 9.84 Å². The van der Waals surface area contributed by atoms with E-state index in [1.54, 1.807) is 11.3 Å². The van der Waals surface area contributed by atoms with Crippen molar-refractivity contribution in [2.24, 2.45) is 5.92 Å². The predicted octanol–water partition coefficient (Wildman–Crippen LogP) is 3.36. The molecule has 2 nitrogen and oxygen atoms in total. The zero-order valence-electron chi connectivity index (χ0n) is 9.80. The zero-order valence-corrected chi connectivity index (χ0v) is 10.6. The number of thiophene rings is 1. The number of ether oxygens (including phenoxy) is 1. The second-order valence-corrected chi connectivity index (χ2v) is 5.58. The SMILES string of the molecule is CC1OCCC1C(O)c1cccc2ccsc12. The summed E-state index contributed by atoms with van der Waals surface area (Å²) in [4.78, 5) is 0. The largest absolute Gasteiger partial charge is 0.388 e. The first kappa shape index (κ1) is 11.2. The van der Waals surface area contributed by atoms with Crippen LogP contribution < -0.4 is 0 Å². The van der Waals surface area contributed by atoms with E-state index >= 15 is 0 Å². The second-order valence-electron chi connectivity index (χ2n) is 4.66. The number of aliphatic hydroxyl groups is 1. The maximum absolute atomic E-state index is 10.5. The van der Waals surface area contributed by atoms with Crippen molar-refractivity contribution >= 4 is 21.4 Å². The molecular formula is C14H16O2S. The van der Waals surface area contributed by atoms with Crippen LogP contribution in [-0.2, 0) is 4.74 Å². The Morgan fingerprint density at radius 3 is 3.06 bits per heavy atom. The van der Waals surface area contributed by atoms with Gasteiger partial charge in [-0.3, -0.25) is 0 Å². The van der Waals surface area contributed by atoms with Crippen LogP contribution in [-0.4, -0.2) is 17.8 Å². The van der Waals surface area contributed by atoms with Gasteiger partial charge in [0.25, 0.3) is 0 Å². The van der Waals surface area contributed by atoms with Crippen LogP contribution >= 0.6 is 11.3 Å². The van der Waals surface area contributed by atoms with E-state index in [1.807, 2.05) is 12.1 Å². The molecule has 2 aromatic rings. The van der Waals surface area contributed by atoms with Crippen molar-refractivity contribution in [1.29, 1.82) is 0 Å². The highest BCUT2D eigenvalue weighted by atomic mass is 32.1. The summed E-state index contributed by atoms with van der Waals surface area (Å²) in [6.07, 6.45) is 0.694. The first-order valence-corrected chi connectivity index (χ1v) is 6.91. The van der Waals surface area contributed by atoms with E-state index in [2.05, 4.69) is 24.4 Å². The molecule has 3 rings (SSSR count). The molecule has 0 saturated carbocycles. The number of hydrogen-bond donors (Lipinski definition) is 1. The molecule has 2 heterocycles. The molecule has 0 radical (unpaired) electrons. The van der Waals surface area contributed by atoms with E-state index in [4.69, 9.17) is 4.74 Å². The maximum atomic E-state index is 10.5. The van der Waals surface area contributed by atoms with Gasteiger partial charge in [-0.15, -0.1) is 11.3 Å². The highest BCUT2D eigenvalue weighted by Crippen LogP contribution is 2.37. The number of fused-ring (bicyclic) bond motifs is 1. The molecule has 1 fully saturated rings. The van der Waals surface area contributed by atoms with Gasteiger partial charge >= 0.3 is 0 Å². The normalized spacial score (nSPS) is 26.5. The molecule has 0 aliphatic carbocycles. The van der Waals surface area contributed by atoms with Crippen LogP contribution in [0.25, 0.3) is 10.1 Å². The molecular weight excluding hydrogens is 232 g/mol. The van der Waals surface area contributed by atoms with E-state index in [9.17, 15) is 5.11 Å². The van der Waals surface area contributed by atoms with Gasteiger partial charge in [0, 0.05) is 17.2 Å². The van der Waals surface area contributed by atoms with Gasteiger partial charge in [-0.05, 0) is 35.7 Å². The molecule has 1 aromatic heterocycles. The molecule has 0 amide bonds. The van der Waals surface area contributed by atoms with Crippen molar-refractivity contribution in [3.8, 4) is 0 Å². The monoisotopic (exact) mass is 248 g/mol. The molecule has 3 unspecified atom stereocenters. The van der Waals surface area contributed by atoms with Crippen LogP contribution in [0.2, 0.25) is 0 Å². The van der Waals surface area contributed by atoms with Crippen molar-refractivity contribution < 1.29 is 9.84 Å². The Bertz CT molecular complexity index is 520. The van der Waals surface area contributed by atoms with Gasteiger partial charge in [0.05, 0.1) is 12.2 Å². The summed E-state index contributed by atoms with van der Waals surface area (Å²) >= 11 is 1.70. The third-order valence-electron chi connectivity index (χ3n) is 3.67. The van der Waals surface area contributed by atoms with Crippen LogP contribution in [0.4, 0.5) is 0 Å². The van der Waals surface area contributed by atoms with Crippen molar-refractivity contribution in [3.63, 3.8) is 0 Å². The number of hydrogen-bond acceptors (Lipinski definition) is 3. The highest BCUT2D eigenvalue weighted by molar-refractivity contribution is 7.17. The van der Waals surface area contributed by atoms with Gasteiger partial charge in [-0.25, -0.2) is 0 Å². The molecule has 3 heteroatoms. The number of aliphatic hydroxyl groups excluding tert-OH is 1. The number of benzene rings is 1. The molecule has 90 valence electrons. The van der Waals surface area contributed by atoms with Crippen LogP contribution in [0.3, 0.4) is 0 Å². The highest BCUT2D eigenvalue weighted by Gasteiger charge is 2.32. The van der Waals surface area contributed by atoms with E-state index < -0.39 is 6.10 Å². The fourth-order valence-electron chi connectivity index (χ4n) is 2.64. The molecule has 1 saturated heterocycles. The summed E-state index contributed by atoms with van der Waals surface area (Å²) in [5, 5.41) is 13.8. The van der Waals surface area contributed by atoms with Crippen molar-refractivity contribution in [1.82, 2.24) is 0 Å². The third kappa shape index (κ3) is 1.88. The molecule has 0 spiro atoms. The van der Waals surface area contributed by atoms with Crippen molar-refractivity contribution in [2.45, 2.75) is 25.6 Å². The first-order chi connectivity index (χ1) is 8.27. The van der Waals surface area contributed by atoms with Gasteiger partial charge in [-0.2, -0.15) is 0 Å². The van der Waals surface area contributed by atoms with Crippen LogP contribution in [0, 0.1) is 5.92 Å². The van der Waals surface area contributed by atoms with E-state index in [0.29, 0.717) is 0 Å². The van der Waals surface area contributed by atoms with Crippen molar-refractivity contribution in [2.75, 3.05) is 6.61 Å². The molecule has 1 aromatic carbocycles. The summed E-state index contributed by atoms with van der Waals surface area (Å²) < 4.78 is 6.75. The van der Waals surface area contributed by atoms with Crippen LogP contribution in [0.5, 0.6) is 0 Å². The summed E-state index contributed by atoms with van der Waals surface area (Å²) in [7, 11) is 0. The molecule has 1 N–H and O–H groups in total. The third-order valence-corrected chi connectivity index (χ3v) is 4.65. The number of rotatable bonds is 2. The molecule has 3 atom stereocenters. The van der Waals surface area contributed by atoms with E-state index in [0.717, 1.165) is 18.6 Å². The molecule has 1 aliphatic heterocycles. The summed E-state index contributed by atoms with van der Waals surface area (Å²) in [5.41, 5.74) is 1.06. The Labute approximate surface area is 105 Å². The standard InChI is InChI=1S/C14H16O2S/c1-9-11(5-7-16-9)13(15)12-4-2-3-10-6-8-17-14(10)12/h2-4,6,8-9,11,13,15H,5,7H2,1H3. The zero-order chi connectivity index (χ0) is 11.8. The summed E-state index contributed by atoms with van der Waals surface area (Å²) in [6, 6.07) is 8.25. The Hall–Kier alpha value is -0.900. The smallest absolute Gasteiger partial charge is 0.0857 e. The molecule has 1 aliphatic rings. The lowest BCUT2D eigenvalue weighted by Crippen LogP contribution is -2.19. The fraction of sp³-hybridized carbons (Fsp3) is 0.429. The van der Waals surface area contributed by atoms with Gasteiger partial charge in [0.15, 0.2) is 0 Å². The summed E-state index contributed by atoms with van der Waals surface area (Å²) in [6.45, 7) is 2.82. The lowest BCUT2D eigenvalue weighted by molar-refractivity contribution is 0.0439. The predicted molar refractivity (Wildman–Crippen MR) is 70.3 cm³/mol. The average molecular weight is 248 g/mol. The minimum absolute atomic E-state index is 0.153. The quantitative estimate of drug-likeness (QED) is 0.883. The molecule has 0 bridgehead atoms. The Morgan fingerprint density at radius 2 is 2.29 bits per heavy atom. The van der Waals surface area contributed by atoms with Crippen LogP contribution in [0.1, 0.15) is 25.0 Å². The molecule has 17 heavy (non-hydrogen) atoms. The van der Waals surface area contributed by atoms with Crippen molar-refractivity contribution in [3.05, 3.63) is 35.2 Å². The lowest BCUT2D eigenvalue weighted by Gasteiger charge is -2.21. The Balaban J connectivity index is 2.00. The van der Waals surface area contributed by atoms with Gasteiger partial charge in [-0.1, -0.05) is 18.2 Å². The lowest BCUT2D eigenvalue weighted by atomic mass is 9.90. The average Bonchev–Trinajstić information content (AvgIpc) is 2.95. The first-order valence-electron chi connectivity index (χ1n) is 6.03.